The van der Waals surface area contributed by atoms with Gasteiger partial charge in [-0.3, -0.25) is 4.79 Å². The first-order valence-corrected chi connectivity index (χ1v) is 8.99. The Labute approximate surface area is 161 Å². The molecular weight excluding hydrogens is 344 g/mol. The number of hydrogen-bond donors (Lipinski definition) is 1. The van der Waals surface area contributed by atoms with Crippen molar-refractivity contribution in [2.45, 2.75) is 20.3 Å². The quantitative estimate of drug-likeness (QED) is 0.727. The van der Waals surface area contributed by atoms with Gasteiger partial charge in [0.2, 0.25) is 11.7 Å². The predicted octanol–water partition coefficient (Wildman–Crippen LogP) is 3.74. The molecule has 1 amide bonds. The summed E-state index contributed by atoms with van der Waals surface area (Å²) in [5, 5.41) is 2.93. The van der Waals surface area contributed by atoms with Crippen LogP contribution in [0.25, 0.3) is 0 Å². The number of carbonyl (C=O) groups excluding carboxylic acids is 1. The van der Waals surface area contributed by atoms with E-state index in [1.54, 1.807) is 33.5 Å². The summed E-state index contributed by atoms with van der Waals surface area (Å²) >= 11 is 0. The molecule has 2 rings (SSSR count). The third-order valence-corrected chi connectivity index (χ3v) is 4.37. The molecule has 0 spiro atoms. The molecule has 0 aliphatic heterocycles. The summed E-state index contributed by atoms with van der Waals surface area (Å²) in [5.41, 5.74) is 2.69. The van der Waals surface area contributed by atoms with Crippen LogP contribution in [0.4, 0.5) is 11.4 Å². The van der Waals surface area contributed by atoms with Crippen molar-refractivity contribution in [2.24, 2.45) is 0 Å². The number of nitrogens with one attached hydrogen (secondary N) is 1. The lowest BCUT2D eigenvalue weighted by atomic mass is 10.1. The van der Waals surface area contributed by atoms with E-state index in [0.717, 1.165) is 30.0 Å². The van der Waals surface area contributed by atoms with E-state index in [9.17, 15) is 4.79 Å². The van der Waals surface area contributed by atoms with Crippen LogP contribution in [0, 0.1) is 0 Å². The molecule has 2 aromatic carbocycles. The van der Waals surface area contributed by atoms with Gasteiger partial charge in [-0.25, -0.2) is 0 Å². The zero-order valence-electron chi connectivity index (χ0n) is 16.7. The molecular formula is C21H28N2O4. The maximum atomic E-state index is 12.4. The van der Waals surface area contributed by atoms with E-state index in [2.05, 4.69) is 24.1 Å². The van der Waals surface area contributed by atoms with Crippen LogP contribution in [-0.4, -0.2) is 40.3 Å². The minimum atomic E-state index is -0.111. The molecule has 0 bridgehead atoms. The van der Waals surface area contributed by atoms with Gasteiger partial charge in [0.05, 0.1) is 27.8 Å². The Bertz CT molecular complexity index is 730. The molecule has 27 heavy (non-hydrogen) atoms. The van der Waals surface area contributed by atoms with Crippen LogP contribution < -0.4 is 24.4 Å². The van der Waals surface area contributed by atoms with Crippen molar-refractivity contribution in [1.29, 1.82) is 0 Å². The number of amides is 1. The Morgan fingerprint density at radius 2 is 1.48 bits per heavy atom. The second-order valence-corrected chi connectivity index (χ2v) is 5.98. The van der Waals surface area contributed by atoms with Crippen molar-refractivity contribution < 1.29 is 19.0 Å². The summed E-state index contributed by atoms with van der Waals surface area (Å²) in [6.07, 6.45) is 0.203. The lowest BCUT2D eigenvalue weighted by Crippen LogP contribution is -2.21. The van der Waals surface area contributed by atoms with Crippen molar-refractivity contribution in [3.63, 3.8) is 0 Å². The van der Waals surface area contributed by atoms with Crippen molar-refractivity contribution in [1.82, 2.24) is 0 Å². The van der Waals surface area contributed by atoms with Crippen molar-refractivity contribution in [3.8, 4) is 17.2 Å². The summed E-state index contributed by atoms with van der Waals surface area (Å²) in [7, 11) is 4.66. The largest absolute Gasteiger partial charge is 0.493 e. The predicted molar refractivity (Wildman–Crippen MR) is 108 cm³/mol. The molecule has 0 atom stereocenters. The molecule has 0 aliphatic rings. The third kappa shape index (κ3) is 5.06. The lowest BCUT2D eigenvalue weighted by Gasteiger charge is -2.21. The van der Waals surface area contributed by atoms with Crippen LogP contribution in [0.3, 0.4) is 0 Å². The van der Waals surface area contributed by atoms with Crippen LogP contribution in [0.2, 0.25) is 0 Å². The van der Waals surface area contributed by atoms with Crippen molar-refractivity contribution in [2.75, 3.05) is 44.6 Å². The lowest BCUT2D eigenvalue weighted by molar-refractivity contribution is -0.115. The molecule has 0 aliphatic carbocycles. The third-order valence-electron chi connectivity index (χ3n) is 4.37. The van der Waals surface area contributed by atoms with Gasteiger partial charge in [0.1, 0.15) is 0 Å². The average molecular weight is 372 g/mol. The molecule has 1 N–H and O–H groups in total. The van der Waals surface area contributed by atoms with E-state index in [0.29, 0.717) is 17.2 Å². The van der Waals surface area contributed by atoms with Crippen molar-refractivity contribution in [3.05, 3.63) is 42.0 Å². The zero-order valence-corrected chi connectivity index (χ0v) is 16.7. The first kappa shape index (κ1) is 20.4. The van der Waals surface area contributed by atoms with Crippen LogP contribution in [0.15, 0.2) is 36.4 Å². The summed E-state index contributed by atoms with van der Waals surface area (Å²) in [5.74, 6) is 1.46. The maximum Gasteiger partial charge on any atom is 0.228 e. The molecule has 0 saturated heterocycles. The van der Waals surface area contributed by atoms with Gasteiger partial charge in [0.25, 0.3) is 0 Å². The van der Waals surface area contributed by atoms with Gasteiger partial charge in [-0.2, -0.15) is 0 Å². The smallest absolute Gasteiger partial charge is 0.228 e. The molecule has 2 aromatic rings. The molecule has 0 fully saturated rings. The van der Waals surface area contributed by atoms with Gasteiger partial charge >= 0.3 is 0 Å². The summed E-state index contributed by atoms with van der Waals surface area (Å²) in [6, 6.07) is 11.4. The minimum absolute atomic E-state index is 0.111. The van der Waals surface area contributed by atoms with E-state index in [-0.39, 0.29) is 12.3 Å². The second kappa shape index (κ2) is 9.71. The van der Waals surface area contributed by atoms with Gasteiger partial charge in [0, 0.05) is 24.5 Å². The molecule has 146 valence electrons. The van der Waals surface area contributed by atoms with E-state index >= 15 is 0 Å². The number of benzene rings is 2. The maximum absolute atomic E-state index is 12.4. The fourth-order valence-electron chi connectivity index (χ4n) is 2.97. The van der Waals surface area contributed by atoms with Gasteiger partial charge in [-0.15, -0.1) is 0 Å². The summed E-state index contributed by atoms with van der Waals surface area (Å²) < 4.78 is 16.0. The number of nitrogens with zero attached hydrogens (tertiary/aromatic N) is 1. The highest BCUT2D eigenvalue weighted by molar-refractivity contribution is 5.92. The fourth-order valence-corrected chi connectivity index (χ4v) is 2.97. The molecule has 0 saturated carbocycles. The van der Waals surface area contributed by atoms with Gasteiger partial charge in [-0.1, -0.05) is 0 Å². The highest BCUT2D eigenvalue weighted by atomic mass is 16.5. The number of rotatable bonds is 9. The van der Waals surface area contributed by atoms with E-state index < -0.39 is 0 Å². The number of carbonyl (C=O) groups is 1. The number of methoxy groups -OCH3 is 3. The van der Waals surface area contributed by atoms with Crippen LogP contribution >= 0.6 is 0 Å². The van der Waals surface area contributed by atoms with Crippen LogP contribution in [-0.2, 0) is 11.2 Å². The SMILES string of the molecule is CCN(CC)c1ccc(NC(=O)Cc2cc(OC)c(OC)c(OC)c2)cc1. The summed E-state index contributed by atoms with van der Waals surface area (Å²) in [4.78, 5) is 14.7. The Morgan fingerprint density at radius 3 is 1.93 bits per heavy atom. The number of ether oxygens (including phenoxy) is 3. The van der Waals surface area contributed by atoms with E-state index in [1.807, 2.05) is 24.3 Å². The Balaban J connectivity index is 2.09. The van der Waals surface area contributed by atoms with Gasteiger partial charge < -0.3 is 24.4 Å². The standard InChI is InChI=1S/C21H28N2O4/c1-6-23(7-2)17-10-8-16(9-11-17)22-20(24)14-15-12-18(25-3)21(27-5)19(13-15)26-4/h8-13H,6-7,14H2,1-5H3,(H,22,24). The molecule has 0 aromatic heterocycles. The molecule has 0 heterocycles. The fraction of sp³-hybridized carbons (Fsp3) is 0.381. The van der Waals surface area contributed by atoms with Crippen LogP contribution in [0.1, 0.15) is 19.4 Å². The highest BCUT2D eigenvalue weighted by Gasteiger charge is 2.15. The topological polar surface area (TPSA) is 60.0 Å². The molecule has 0 radical (unpaired) electrons. The van der Waals surface area contributed by atoms with Gasteiger partial charge in [-0.05, 0) is 55.8 Å². The Kier molecular flexibility index (Phi) is 7.34. The number of hydrogen-bond acceptors (Lipinski definition) is 5. The van der Waals surface area contributed by atoms with Gasteiger partial charge in [0.15, 0.2) is 11.5 Å². The highest BCUT2D eigenvalue weighted by Crippen LogP contribution is 2.38. The second-order valence-electron chi connectivity index (χ2n) is 5.98. The first-order valence-electron chi connectivity index (χ1n) is 8.99. The Hall–Kier alpha value is -2.89. The van der Waals surface area contributed by atoms with E-state index in [4.69, 9.17) is 14.2 Å². The molecule has 0 unspecified atom stereocenters. The normalized spacial score (nSPS) is 10.3. The average Bonchev–Trinajstić information content (AvgIpc) is 2.69. The monoisotopic (exact) mass is 372 g/mol. The first-order chi connectivity index (χ1) is 13.1. The Morgan fingerprint density at radius 1 is 0.926 bits per heavy atom. The zero-order chi connectivity index (χ0) is 19.8. The van der Waals surface area contributed by atoms with E-state index in [1.165, 1.54) is 0 Å². The minimum Gasteiger partial charge on any atom is -0.493 e. The van der Waals surface area contributed by atoms with Crippen LogP contribution in [0.5, 0.6) is 17.2 Å². The molecule has 6 nitrogen and oxygen atoms in total. The van der Waals surface area contributed by atoms with Crippen molar-refractivity contribution >= 4 is 17.3 Å². The molecule has 6 heteroatoms. The summed E-state index contributed by atoms with van der Waals surface area (Å²) in [6.45, 7) is 6.14. The number of anilines is 2.